The molecule has 2 heterocycles. The molecule has 136 valence electrons. The third-order valence-corrected chi connectivity index (χ3v) is 4.03. The Bertz CT molecular complexity index is 665. The number of likely N-dealkylation sites (tertiary alicyclic amines) is 1. The van der Waals surface area contributed by atoms with Crippen LogP contribution >= 0.6 is 0 Å². The summed E-state index contributed by atoms with van der Waals surface area (Å²) in [6.45, 7) is -1.15. The van der Waals surface area contributed by atoms with Crippen LogP contribution in [0.3, 0.4) is 0 Å². The Hall–Kier alpha value is -2.45. The van der Waals surface area contributed by atoms with Crippen LogP contribution in [0.4, 0.5) is 13.2 Å². The number of fused-ring (bicyclic) bond motifs is 1. The first-order chi connectivity index (χ1) is 11.8. The lowest BCUT2D eigenvalue weighted by Crippen LogP contribution is -2.43. The average Bonchev–Trinajstić information content (AvgIpc) is 2.91. The van der Waals surface area contributed by atoms with Gasteiger partial charge in [0.2, 0.25) is 11.8 Å². The molecule has 2 amide bonds. The van der Waals surface area contributed by atoms with Crippen molar-refractivity contribution in [2.75, 3.05) is 26.2 Å². The first kappa shape index (κ1) is 17.4. The number of benzene rings is 1. The molecule has 0 spiro atoms. The molecule has 0 saturated carbocycles. The van der Waals surface area contributed by atoms with Gasteiger partial charge >= 0.3 is 6.18 Å². The zero-order valence-corrected chi connectivity index (χ0v) is 13.2. The summed E-state index contributed by atoms with van der Waals surface area (Å²) in [4.78, 5) is 24.4. The van der Waals surface area contributed by atoms with E-state index in [4.69, 9.17) is 9.47 Å². The minimum atomic E-state index is -4.47. The minimum Gasteiger partial charge on any atom is -0.486 e. The van der Waals surface area contributed by atoms with Crippen LogP contribution in [-0.4, -0.2) is 55.2 Å². The molecule has 1 aromatic rings. The molecule has 3 rings (SSSR count). The van der Waals surface area contributed by atoms with E-state index in [1.807, 2.05) is 6.07 Å². The molecule has 1 fully saturated rings. The fourth-order valence-electron chi connectivity index (χ4n) is 2.84. The van der Waals surface area contributed by atoms with Crippen LogP contribution in [0.25, 0.3) is 0 Å². The number of amides is 2. The summed E-state index contributed by atoms with van der Waals surface area (Å²) in [5.41, 5.74) is 0. The molecule has 2 unspecified atom stereocenters. The van der Waals surface area contributed by atoms with Gasteiger partial charge in [-0.15, -0.1) is 0 Å². The zero-order chi connectivity index (χ0) is 18.0. The van der Waals surface area contributed by atoms with Crippen molar-refractivity contribution in [3.05, 3.63) is 24.3 Å². The van der Waals surface area contributed by atoms with Gasteiger partial charge in [-0.1, -0.05) is 12.1 Å². The number of carbonyl (C=O) groups is 2. The van der Waals surface area contributed by atoms with Crippen LogP contribution in [0.1, 0.15) is 6.42 Å². The van der Waals surface area contributed by atoms with Crippen LogP contribution < -0.4 is 14.8 Å². The Labute approximate surface area is 141 Å². The normalized spacial score (nSPS) is 22.8. The number of rotatable bonds is 4. The molecule has 2 aliphatic rings. The van der Waals surface area contributed by atoms with E-state index in [1.165, 1.54) is 0 Å². The van der Waals surface area contributed by atoms with Crippen LogP contribution in [0.15, 0.2) is 24.3 Å². The summed E-state index contributed by atoms with van der Waals surface area (Å²) in [5.74, 6) is -0.717. The Morgan fingerprint density at radius 3 is 2.72 bits per heavy atom. The number of nitrogens with zero attached hydrogens (tertiary/aromatic N) is 1. The Morgan fingerprint density at radius 1 is 1.28 bits per heavy atom. The standard InChI is InChI=1S/C16H17F3N2O4/c17-16(18,19)9-21-7-10(5-14(21)22)15(23)20-6-11-8-24-12-3-1-2-4-13(12)25-11/h1-4,10-11H,5-9H2,(H,20,23). The number of para-hydroxylation sites is 2. The average molecular weight is 358 g/mol. The van der Waals surface area contributed by atoms with Gasteiger partial charge in [0.1, 0.15) is 19.3 Å². The number of hydrogen-bond donors (Lipinski definition) is 1. The van der Waals surface area contributed by atoms with Gasteiger partial charge in [-0.05, 0) is 12.1 Å². The molecular weight excluding hydrogens is 341 g/mol. The first-order valence-corrected chi connectivity index (χ1v) is 7.82. The van der Waals surface area contributed by atoms with E-state index < -0.39 is 36.6 Å². The highest BCUT2D eigenvalue weighted by atomic mass is 19.4. The number of carbonyl (C=O) groups excluding carboxylic acids is 2. The molecule has 1 aromatic carbocycles. The summed E-state index contributed by atoms with van der Waals surface area (Å²) in [6, 6.07) is 7.12. The maximum absolute atomic E-state index is 12.4. The SMILES string of the molecule is O=C(NCC1COc2ccccc2O1)C1CC(=O)N(CC(F)(F)F)C1. The van der Waals surface area contributed by atoms with E-state index in [9.17, 15) is 22.8 Å². The lowest BCUT2D eigenvalue weighted by Gasteiger charge is -2.26. The fraction of sp³-hybridized carbons (Fsp3) is 0.500. The highest BCUT2D eigenvalue weighted by Crippen LogP contribution is 2.30. The summed E-state index contributed by atoms with van der Waals surface area (Å²) in [5, 5.41) is 2.62. The molecule has 25 heavy (non-hydrogen) atoms. The van der Waals surface area contributed by atoms with E-state index in [1.54, 1.807) is 18.2 Å². The van der Waals surface area contributed by atoms with E-state index in [2.05, 4.69) is 5.32 Å². The third kappa shape index (κ3) is 4.34. The second-order valence-corrected chi connectivity index (χ2v) is 6.03. The Morgan fingerprint density at radius 2 is 2.00 bits per heavy atom. The molecule has 1 N–H and O–H groups in total. The van der Waals surface area contributed by atoms with Crippen molar-refractivity contribution < 1.29 is 32.2 Å². The maximum Gasteiger partial charge on any atom is 0.406 e. The molecular formula is C16H17F3N2O4. The first-order valence-electron chi connectivity index (χ1n) is 7.82. The minimum absolute atomic E-state index is 0.150. The van der Waals surface area contributed by atoms with Gasteiger partial charge in [-0.3, -0.25) is 9.59 Å². The van der Waals surface area contributed by atoms with Crippen molar-refractivity contribution in [3.8, 4) is 11.5 Å². The van der Waals surface area contributed by atoms with Crippen molar-refractivity contribution in [3.63, 3.8) is 0 Å². The quantitative estimate of drug-likeness (QED) is 0.882. The predicted octanol–water partition coefficient (Wildman–Crippen LogP) is 1.35. The number of nitrogens with one attached hydrogen (secondary N) is 1. The van der Waals surface area contributed by atoms with Crippen LogP contribution in [0.5, 0.6) is 11.5 Å². The Balaban J connectivity index is 1.48. The van der Waals surface area contributed by atoms with Gasteiger partial charge in [-0.2, -0.15) is 13.2 Å². The van der Waals surface area contributed by atoms with E-state index in [0.717, 1.165) is 0 Å². The van der Waals surface area contributed by atoms with Crippen LogP contribution in [0.2, 0.25) is 0 Å². The van der Waals surface area contributed by atoms with Gasteiger partial charge in [0, 0.05) is 13.0 Å². The second-order valence-electron chi connectivity index (χ2n) is 6.03. The molecule has 6 nitrogen and oxygen atoms in total. The smallest absolute Gasteiger partial charge is 0.406 e. The summed E-state index contributed by atoms with van der Waals surface area (Å²) >= 11 is 0. The lowest BCUT2D eigenvalue weighted by atomic mass is 10.1. The van der Waals surface area contributed by atoms with Crippen molar-refractivity contribution in [1.82, 2.24) is 10.2 Å². The highest BCUT2D eigenvalue weighted by Gasteiger charge is 2.40. The second kappa shape index (κ2) is 6.81. The fourth-order valence-corrected chi connectivity index (χ4v) is 2.84. The van der Waals surface area contributed by atoms with E-state index in [0.29, 0.717) is 16.4 Å². The van der Waals surface area contributed by atoms with Gasteiger partial charge in [0.05, 0.1) is 12.5 Å². The molecule has 0 aromatic heterocycles. The topological polar surface area (TPSA) is 67.9 Å². The molecule has 2 aliphatic heterocycles. The zero-order valence-electron chi connectivity index (χ0n) is 13.2. The molecule has 9 heteroatoms. The van der Waals surface area contributed by atoms with Crippen molar-refractivity contribution in [2.24, 2.45) is 5.92 Å². The lowest BCUT2D eigenvalue weighted by molar-refractivity contribution is -0.157. The molecule has 1 saturated heterocycles. The van der Waals surface area contributed by atoms with Crippen molar-refractivity contribution in [1.29, 1.82) is 0 Å². The third-order valence-electron chi connectivity index (χ3n) is 4.03. The summed E-state index contributed by atoms with van der Waals surface area (Å²) < 4.78 is 48.4. The van der Waals surface area contributed by atoms with Gasteiger partial charge < -0.3 is 19.7 Å². The van der Waals surface area contributed by atoms with E-state index in [-0.39, 0.29) is 26.1 Å². The molecule has 0 radical (unpaired) electrons. The number of hydrogen-bond acceptors (Lipinski definition) is 4. The summed E-state index contributed by atoms with van der Waals surface area (Å²) in [6.07, 6.45) is -5.09. The number of halogens is 3. The van der Waals surface area contributed by atoms with Crippen molar-refractivity contribution in [2.45, 2.75) is 18.7 Å². The van der Waals surface area contributed by atoms with Crippen LogP contribution in [0, 0.1) is 5.92 Å². The Kier molecular flexibility index (Phi) is 4.73. The predicted molar refractivity (Wildman–Crippen MR) is 80.1 cm³/mol. The van der Waals surface area contributed by atoms with Crippen LogP contribution in [-0.2, 0) is 9.59 Å². The van der Waals surface area contributed by atoms with Crippen molar-refractivity contribution >= 4 is 11.8 Å². The largest absolute Gasteiger partial charge is 0.486 e. The monoisotopic (exact) mass is 358 g/mol. The van der Waals surface area contributed by atoms with E-state index >= 15 is 0 Å². The van der Waals surface area contributed by atoms with Gasteiger partial charge in [0.15, 0.2) is 11.5 Å². The number of alkyl halides is 3. The highest BCUT2D eigenvalue weighted by molar-refractivity contribution is 5.89. The van der Waals surface area contributed by atoms with Gasteiger partial charge in [0.25, 0.3) is 0 Å². The molecule has 0 aliphatic carbocycles. The summed E-state index contributed by atoms with van der Waals surface area (Å²) in [7, 11) is 0. The van der Waals surface area contributed by atoms with Gasteiger partial charge in [-0.25, -0.2) is 0 Å². The number of ether oxygens (including phenoxy) is 2. The molecule has 2 atom stereocenters. The molecule has 0 bridgehead atoms. The maximum atomic E-state index is 12.4.